The van der Waals surface area contributed by atoms with Gasteiger partial charge in [0.15, 0.2) is 11.2 Å². The van der Waals surface area contributed by atoms with E-state index in [1.165, 1.54) is 0 Å². The molecule has 3 aromatic rings. The number of fused-ring (bicyclic) bond motifs is 2. The maximum atomic E-state index is 12.6. The lowest BCUT2D eigenvalue weighted by Gasteiger charge is -2.22. The van der Waals surface area contributed by atoms with Crippen LogP contribution in [0.25, 0.3) is 16.9 Å². The number of hydrogen-bond donors (Lipinski definition) is 0. The molecule has 0 unspecified atom stereocenters. The van der Waals surface area contributed by atoms with Gasteiger partial charge in [-0.3, -0.25) is 9.36 Å². The second-order valence-electron chi connectivity index (χ2n) is 4.96. The predicted molar refractivity (Wildman–Crippen MR) is 79.0 cm³/mol. The fraction of sp³-hybridized carbons (Fsp3) is 0.188. The molecule has 0 amide bonds. The molecule has 0 saturated carbocycles. The average molecular weight is 279 g/mol. The molecular weight excluding hydrogens is 266 g/mol. The van der Waals surface area contributed by atoms with Crippen molar-refractivity contribution >= 4 is 11.2 Å². The second kappa shape index (κ2) is 4.70. The fourth-order valence-electron chi connectivity index (χ4n) is 2.73. The number of aromatic nitrogens is 3. The van der Waals surface area contributed by atoms with Crippen molar-refractivity contribution in [2.24, 2.45) is 0 Å². The highest BCUT2D eigenvalue weighted by molar-refractivity contribution is 5.75. The molecule has 0 fully saturated rings. The van der Waals surface area contributed by atoms with E-state index in [0.717, 1.165) is 12.1 Å². The molecule has 1 aliphatic heterocycles. The third-order valence-corrected chi connectivity index (χ3v) is 3.67. The van der Waals surface area contributed by atoms with Crippen LogP contribution < -0.4 is 10.2 Å². The van der Waals surface area contributed by atoms with Crippen molar-refractivity contribution in [3.05, 3.63) is 58.5 Å². The molecule has 2 aromatic heterocycles. The molecule has 5 heteroatoms. The largest absolute Gasteiger partial charge is 0.478 e. The van der Waals surface area contributed by atoms with Crippen molar-refractivity contribution in [3.63, 3.8) is 0 Å². The molecular formula is C16H13N3O2. The molecule has 0 bridgehead atoms. The zero-order chi connectivity index (χ0) is 14.2. The van der Waals surface area contributed by atoms with E-state index in [-0.39, 0.29) is 5.43 Å². The second-order valence-corrected chi connectivity index (χ2v) is 4.96. The summed E-state index contributed by atoms with van der Waals surface area (Å²) in [7, 11) is 0. The molecule has 0 saturated heterocycles. The lowest BCUT2D eigenvalue weighted by atomic mass is 10.1. The molecule has 21 heavy (non-hydrogen) atoms. The first kappa shape index (κ1) is 12.1. The van der Waals surface area contributed by atoms with Crippen LogP contribution in [0.3, 0.4) is 0 Å². The highest BCUT2D eigenvalue weighted by Gasteiger charge is 2.23. The number of hydrogen-bond acceptors (Lipinski definition) is 4. The Morgan fingerprint density at radius 1 is 1.10 bits per heavy atom. The molecule has 5 nitrogen and oxygen atoms in total. The van der Waals surface area contributed by atoms with Gasteiger partial charge in [0.05, 0.1) is 17.9 Å². The zero-order valence-electron chi connectivity index (χ0n) is 11.3. The number of ether oxygens (including phenoxy) is 1. The van der Waals surface area contributed by atoms with Crippen LogP contribution in [-0.2, 0) is 6.42 Å². The summed E-state index contributed by atoms with van der Waals surface area (Å²) < 4.78 is 7.68. The van der Waals surface area contributed by atoms with Crippen LogP contribution in [-0.4, -0.2) is 21.1 Å². The van der Waals surface area contributed by atoms with Gasteiger partial charge in [-0.2, -0.15) is 0 Å². The van der Waals surface area contributed by atoms with E-state index in [1.54, 1.807) is 12.4 Å². The normalized spacial score (nSPS) is 13.7. The molecule has 4 rings (SSSR count). The van der Waals surface area contributed by atoms with Crippen LogP contribution in [0, 0.1) is 0 Å². The minimum Gasteiger partial charge on any atom is -0.478 e. The van der Waals surface area contributed by atoms with E-state index >= 15 is 0 Å². The van der Waals surface area contributed by atoms with E-state index in [0.29, 0.717) is 35.6 Å². The summed E-state index contributed by atoms with van der Waals surface area (Å²) in [4.78, 5) is 21.1. The average Bonchev–Trinajstić information content (AvgIpc) is 2.56. The van der Waals surface area contributed by atoms with Gasteiger partial charge in [0.25, 0.3) is 0 Å². The predicted octanol–water partition coefficient (Wildman–Crippen LogP) is 2.11. The Hall–Kier alpha value is -2.69. The van der Waals surface area contributed by atoms with Gasteiger partial charge in [0.2, 0.25) is 11.3 Å². The lowest BCUT2D eigenvalue weighted by Crippen LogP contribution is -2.24. The van der Waals surface area contributed by atoms with Crippen molar-refractivity contribution in [2.75, 3.05) is 6.61 Å². The Morgan fingerprint density at radius 3 is 2.76 bits per heavy atom. The van der Waals surface area contributed by atoms with Gasteiger partial charge in [0.1, 0.15) is 0 Å². The molecule has 0 radical (unpaired) electrons. The topological polar surface area (TPSA) is 57.0 Å². The number of benzene rings is 1. The van der Waals surface area contributed by atoms with E-state index in [9.17, 15) is 4.79 Å². The Balaban J connectivity index is 2.18. The third kappa shape index (κ3) is 1.81. The maximum absolute atomic E-state index is 12.6. The Bertz CT molecular complexity index is 872. The molecule has 3 heterocycles. The number of nitrogens with zero attached hydrogens (tertiary/aromatic N) is 3. The van der Waals surface area contributed by atoms with Crippen molar-refractivity contribution < 1.29 is 4.74 Å². The third-order valence-electron chi connectivity index (χ3n) is 3.67. The molecule has 0 atom stereocenters. The fourth-order valence-corrected chi connectivity index (χ4v) is 2.73. The van der Waals surface area contributed by atoms with Crippen LogP contribution in [0.15, 0.2) is 47.5 Å². The molecule has 104 valence electrons. The van der Waals surface area contributed by atoms with Crippen molar-refractivity contribution in [3.8, 4) is 11.6 Å². The number of rotatable bonds is 1. The summed E-state index contributed by atoms with van der Waals surface area (Å²) in [5.41, 5.74) is 2.47. The van der Waals surface area contributed by atoms with E-state index in [2.05, 4.69) is 9.97 Å². The summed E-state index contributed by atoms with van der Waals surface area (Å²) in [6, 6.07) is 9.79. The minimum atomic E-state index is -0.0695. The van der Waals surface area contributed by atoms with Crippen molar-refractivity contribution in [1.29, 1.82) is 0 Å². The van der Waals surface area contributed by atoms with Gasteiger partial charge in [-0.15, -0.1) is 0 Å². The van der Waals surface area contributed by atoms with Gasteiger partial charge in [-0.1, -0.05) is 18.2 Å². The zero-order valence-corrected chi connectivity index (χ0v) is 11.3. The van der Waals surface area contributed by atoms with Crippen molar-refractivity contribution in [1.82, 2.24) is 14.5 Å². The van der Waals surface area contributed by atoms with Gasteiger partial charge < -0.3 is 4.74 Å². The Labute approximate surface area is 120 Å². The quantitative estimate of drug-likeness (QED) is 0.684. The highest BCUT2D eigenvalue weighted by atomic mass is 16.5. The summed E-state index contributed by atoms with van der Waals surface area (Å²) in [5, 5.41) is 0. The van der Waals surface area contributed by atoms with Gasteiger partial charge in [-0.05, 0) is 25.0 Å². The van der Waals surface area contributed by atoms with Crippen LogP contribution in [0.1, 0.15) is 12.0 Å². The van der Waals surface area contributed by atoms with Crippen LogP contribution >= 0.6 is 0 Å². The summed E-state index contributed by atoms with van der Waals surface area (Å²) in [6.45, 7) is 0.616. The standard InChI is InChI=1S/C16H13N3O2/c20-14-12-7-4-10-21-16(12)19(11-5-2-1-3-6-11)15-13(14)17-8-9-18-15/h1-3,5-6,8-9H,4,7,10H2. The first-order valence-electron chi connectivity index (χ1n) is 6.93. The summed E-state index contributed by atoms with van der Waals surface area (Å²) in [6.07, 6.45) is 4.71. The van der Waals surface area contributed by atoms with E-state index in [4.69, 9.17) is 4.74 Å². The maximum Gasteiger partial charge on any atom is 0.216 e. The molecule has 0 N–H and O–H groups in total. The Kier molecular flexibility index (Phi) is 2.70. The lowest BCUT2D eigenvalue weighted by molar-refractivity contribution is 0.270. The SMILES string of the molecule is O=c1c2c(n(-c3ccccc3)c3nccnc13)OCCC2. The number of pyridine rings is 1. The Morgan fingerprint density at radius 2 is 1.90 bits per heavy atom. The molecule has 1 aliphatic rings. The van der Waals surface area contributed by atoms with Gasteiger partial charge >= 0.3 is 0 Å². The van der Waals surface area contributed by atoms with Crippen LogP contribution in [0.4, 0.5) is 0 Å². The van der Waals surface area contributed by atoms with Crippen LogP contribution in [0.2, 0.25) is 0 Å². The van der Waals surface area contributed by atoms with E-state index in [1.807, 2.05) is 34.9 Å². The summed E-state index contributed by atoms with van der Waals surface area (Å²) in [5.74, 6) is 0.602. The first-order valence-corrected chi connectivity index (χ1v) is 6.93. The van der Waals surface area contributed by atoms with Gasteiger partial charge in [0, 0.05) is 12.4 Å². The first-order chi connectivity index (χ1) is 10.4. The molecule has 0 aliphatic carbocycles. The number of para-hydroxylation sites is 1. The monoisotopic (exact) mass is 279 g/mol. The van der Waals surface area contributed by atoms with E-state index < -0.39 is 0 Å². The van der Waals surface area contributed by atoms with Crippen molar-refractivity contribution in [2.45, 2.75) is 12.8 Å². The smallest absolute Gasteiger partial charge is 0.216 e. The van der Waals surface area contributed by atoms with Gasteiger partial charge in [-0.25, -0.2) is 9.97 Å². The summed E-state index contributed by atoms with van der Waals surface area (Å²) >= 11 is 0. The van der Waals surface area contributed by atoms with Crippen LogP contribution in [0.5, 0.6) is 5.88 Å². The molecule has 0 spiro atoms. The highest BCUT2D eigenvalue weighted by Crippen LogP contribution is 2.28. The molecule has 1 aromatic carbocycles. The minimum absolute atomic E-state index is 0.0695.